The van der Waals surface area contributed by atoms with Crippen LogP contribution >= 0.6 is 0 Å². The Morgan fingerprint density at radius 2 is 2.26 bits per heavy atom. The minimum atomic E-state index is 0.0731. The van der Waals surface area contributed by atoms with E-state index >= 15 is 0 Å². The highest BCUT2D eigenvalue weighted by molar-refractivity contribution is 5.97. The van der Waals surface area contributed by atoms with Gasteiger partial charge in [-0.05, 0) is 25.5 Å². The molecule has 100 valence electrons. The Balaban J connectivity index is 2.50. The van der Waals surface area contributed by atoms with Crippen LogP contribution in [0.4, 0.5) is 0 Å². The van der Waals surface area contributed by atoms with Gasteiger partial charge >= 0.3 is 0 Å². The number of rotatable bonds is 4. The molecule has 0 aliphatic heterocycles. The third-order valence-corrected chi connectivity index (χ3v) is 2.78. The fourth-order valence-electron chi connectivity index (χ4n) is 1.93. The van der Waals surface area contributed by atoms with Crippen LogP contribution in [0.5, 0.6) is 0 Å². The summed E-state index contributed by atoms with van der Waals surface area (Å²) in [5.41, 5.74) is 7.07. The molecule has 0 saturated carbocycles. The van der Waals surface area contributed by atoms with Gasteiger partial charge in [0.15, 0.2) is 5.84 Å². The lowest BCUT2D eigenvalue weighted by Gasteiger charge is -2.09. The van der Waals surface area contributed by atoms with Crippen molar-refractivity contribution in [1.82, 2.24) is 14.5 Å². The number of aryl methyl sites for hydroxylation is 2. The van der Waals surface area contributed by atoms with Gasteiger partial charge in [-0.25, -0.2) is 9.97 Å². The number of nitrogens with two attached hydrogens (primary N) is 1. The second-order valence-electron chi connectivity index (χ2n) is 4.30. The van der Waals surface area contributed by atoms with Gasteiger partial charge in [0.05, 0.1) is 0 Å². The molecule has 2 aromatic rings. The molecule has 0 aliphatic carbocycles. The molecule has 2 heterocycles. The van der Waals surface area contributed by atoms with Crippen LogP contribution in [0.25, 0.3) is 5.82 Å². The highest BCUT2D eigenvalue weighted by Gasteiger charge is 2.09. The average Bonchev–Trinajstić information content (AvgIpc) is 2.86. The summed E-state index contributed by atoms with van der Waals surface area (Å²) in [6.07, 6.45) is 5.50. The lowest BCUT2D eigenvalue weighted by atomic mass is 10.2. The molecule has 6 nitrogen and oxygen atoms in total. The first-order chi connectivity index (χ1) is 9.15. The number of pyridine rings is 1. The number of aromatic nitrogens is 3. The Kier molecular flexibility index (Phi) is 3.79. The van der Waals surface area contributed by atoms with Crippen molar-refractivity contribution in [3.05, 3.63) is 41.6 Å². The van der Waals surface area contributed by atoms with Crippen molar-refractivity contribution in [2.75, 3.05) is 0 Å². The molecule has 0 aromatic carbocycles. The Morgan fingerprint density at radius 1 is 1.47 bits per heavy atom. The maximum atomic E-state index is 8.76. The quantitative estimate of drug-likeness (QED) is 0.378. The number of amidine groups is 1. The van der Waals surface area contributed by atoms with Crippen LogP contribution in [0.1, 0.15) is 30.4 Å². The van der Waals surface area contributed by atoms with Crippen molar-refractivity contribution in [3.63, 3.8) is 0 Å². The van der Waals surface area contributed by atoms with Crippen LogP contribution in [0.3, 0.4) is 0 Å². The molecule has 0 saturated heterocycles. The van der Waals surface area contributed by atoms with E-state index in [0.29, 0.717) is 5.56 Å². The number of nitrogens with zero attached hydrogens (tertiary/aromatic N) is 4. The maximum absolute atomic E-state index is 8.76. The topological polar surface area (TPSA) is 89.3 Å². The molecular weight excluding hydrogens is 242 g/mol. The maximum Gasteiger partial charge on any atom is 0.170 e. The Bertz CT molecular complexity index is 603. The second kappa shape index (κ2) is 5.51. The average molecular weight is 259 g/mol. The van der Waals surface area contributed by atoms with Crippen LogP contribution in [-0.4, -0.2) is 25.6 Å². The van der Waals surface area contributed by atoms with Gasteiger partial charge in [0, 0.05) is 30.1 Å². The zero-order valence-corrected chi connectivity index (χ0v) is 11.0. The summed E-state index contributed by atoms with van der Waals surface area (Å²) in [6.45, 7) is 3.97. The van der Waals surface area contributed by atoms with Gasteiger partial charge in [-0.3, -0.25) is 4.57 Å². The minimum absolute atomic E-state index is 0.0731. The first kappa shape index (κ1) is 13.1. The molecule has 2 rings (SSSR count). The summed E-state index contributed by atoms with van der Waals surface area (Å²) in [5, 5.41) is 11.8. The lowest BCUT2D eigenvalue weighted by Crippen LogP contribution is -2.15. The van der Waals surface area contributed by atoms with Crippen molar-refractivity contribution in [2.24, 2.45) is 10.9 Å². The number of hydrogen-bond donors (Lipinski definition) is 2. The minimum Gasteiger partial charge on any atom is -0.409 e. The lowest BCUT2D eigenvalue weighted by molar-refractivity contribution is 0.318. The number of oxime groups is 1. The van der Waals surface area contributed by atoms with Crippen molar-refractivity contribution >= 4 is 5.84 Å². The number of imidazole rings is 1. The van der Waals surface area contributed by atoms with E-state index in [1.165, 1.54) is 0 Å². The van der Waals surface area contributed by atoms with Gasteiger partial charge in [0.2, 0.25) is 0 Å². The first-order valence-corrected chi connectivity index (χ1v) is 6.15. The van der Waals surface area contributed by atoms with Crippen molar-refractivity contribution < 1.29 is 5.21 Å². The molecule has 0 unspecified atom stereocenters. The molecular formula is C13H17N5O. The molecule has 0 atom stereocenters. The van der Waals surface area contributed by atoms with Crippen LogP contribution in [0, 0.1) is 6.92 Å². The normalized spacial score (nSPS) is 11.8. The van der Waals surface area contributed by atoms with E-state index in [4.69, 9.17) is 10.9 Å². The highest BCUT2D eigenvalue weighted by atomic mass is 16.4. The molecule has 0 fully saturated rings. The van der Waals surface area contributed by atoms with Gasteiger partial charge in [-0.2, -0.15) is 0 Å². The first-order valence-electron chi connectivity index (χ1n) is 6.15. The Morgan fingerprint density at radius 3 is 2.95 bits per heavy atom. The molecule has 3 N–H and O–H groups in total. The fourth-order valence-corrected chi connectivity index (χ4v) is 1.93. The summed E-state index contributed by atoms with van der Waals surface area (Å²) >= 11 is 0. The summed E-state index contributed by atoms with van der Waals surface area (Å²) in [7, 11) is 0. The summed E-state index contributed by atoms with van der Waals surface area (Å²) in [5.74, 6) is 1.75. The second-order valence-corrected chi connectivity index (χ2v) is 4.30. The standard InChI is InChI=1S/C13H17N5O/c1-3-4-11-15-5-6-18(11)12-8-10(13(14)17-19)7-9(2)16-12/h5-8,19H,3-4H2,1-2H3,(H2,14,17). The van der Waals surface area contributed by atoms with Gasteiger partial charge in [-0.1, -0.05) is 12.1 Å². The Labute approximate surface area is 111 Å². The molecule has 6 heteroatoms. The third kappa shape index (κ3) is 2.73. The molecule has 0 spiro atoms. The van der Waals surface area contributed by atoms with Gasteiger partial charge in [0.1, 0.15) is 11.6 Å². The van der Waals surface area contributed by atoms with E-state index in [1.807, 2.05) is 17.7 Å². The SMILES string of the molecule is CCCc1nccn1-c1cc(/C(N)=N/O)cc(C)n1. The van der Waals surface area contributed by atoms with Gasteiger partial charge in [-0.15, -0.1) is 0 Å². The molecule has 0 bridgehead atoms. The van der Waals surface area contributed by atoms with E-state index in [1.54, 1.807) is 18.3 Å². The predicted octanol–water partition coefficient (Wildman–Crippen LogP) is 1.62. The van der Waals surface area contributed by atoms with E-state index in [-0.39, 0.29) is 5.84 Å². The van der Waals surface area contributed by atoms with E-state index in [2.05, 4.69) is 22.0 Å². The predicted molar refractivity (Wildman–Crippen MR) is 72.6 cm³/mol. The largest absolute Gasteiger partial charge is 0.409 e. The van der Waals surface area contributed by atoms with E-state index < -0.39 is 0 Å². The fraction of sp³-hybridized carbons (Fsp3) is 0.308. The summed E-state index contributed by atoms with van der Waals surface area (Å²) in [4.78, 5) is 8.79. The number of hydrogen-bond acceptors (Lipinski definition) is 4. The molecule has 0 amide bonds. The van der Waals surface area contributed by atoms with Crippen LogP contribution in [-0.2, 0) is 6.42 Å². The van der Waals surface area contributed by atoms with E-state index in [9.17, 15) is 0 Å². The smallest absolute Gasteiger partial charge is 0.170 e. The zero-order chi connectivity index (χ0) is 13.8. The van der Waals surface area contributed by atoms with Crippen LogP contribution in [0.15, 0.2) is 29.7 Å². The molecule has 0 radical (unpaired) electrons. The van der Waals surface area contributed by atoms with Gasteiger partial charge in [0.25, 0.3) is 0 Å². The zero-order valence-electron chi connectivity index (χ0n) is 11.0. The Hall–Kier alpha value is -2.37. The van der Waals surface area contributed by atoms with Gasteiger partial charge < -0.3 is 10.9 Å². The molecule has 2 aromatic heterocycles. The van der Waals surface area contributed by atoms with E-state index in [0.717, 1.165) is 30.2 Å². The van der Waals surface area contributed by atoms with Crippen molar-refractivity contribution in [2.45, 2.75) is 26.7 Å². The van der Waals surface area contributed by atoms with Crippen LogP contribution < -0.4 is 5.73 Å². The molecule has 19 heavy (non-hydrogen) atoms. The summed E-state index contributed by atoms with van der Waals surface area (Å²) < 4.78 is 1.92. The monoisotopic (exact) mass is 259 g/mol. The van der Waals surface area contributed by atoms with Crippen molar-refractivity contribution in [3.8, 4) is 5.82 Å². The molecule has 0 aliphatic rings. The highest BCUT2D eigenvalue weighted by Crippen LogP contribution is 2.13. The van der Waals surface area contributed by atoms with Crippen molar-refractivity contribution in [1.29, 1.82) is 0 Å². The summed E-state index contributed by atoms with van der Waals surface area (Å²) in [6, 6.07) is 3.55. The third-order valence-electron chi connectivity index (χ3n) is 2.78. The van der Waals surface area contributed by atoms with Crippen LogP contribution in [0.2, 0.25) is 0 Å².